The number of amides is 3. The van der Waals surface area contributed by atoms with E-state index in [9.17, 15) is 9.59 Å². The minimum absolute atomic E-state index is 0.191. The van der Waals surface area contributed by atoms with Crippen LogP contribution in [-0.4, -0.2) is 28.6 Å². The molecule has 24 heavy (non-hydrogen) atoms. The van der Waals surface area contributed by atoms with Crippen LogP contribution in [0.25, 0.3) is 0 Å². The molecule has 1 aromatic carbocycles. The van der Waals surface area contributed by atoms with Gasteiger partial charge in [-0.1, -0.05) is 11.6 Å². The minimum Gasteiger partial charge on any atom is -0.319 e. The smallest absolute Gasteiger partial charge is 0.319 e. The van der Waals surface area contributed by atoms with Gasteiger partial charge < -0.3 is 10.2 Å². The number of aryl methyl sites for hydroxylation is 1. The van der Waals surface area contributed by atoms with Crippen molar-refractivity contribution in [2.45, 2.75) is 19.9 Å². The second-order valence-electron chi connectivity index (χ2n) is 5.57. The molecule has 126 valence electrons. The molecule has 0 aliphatic carbocycles. The zero-order valence-electron chi connectivity index (χ0n) is 12.9. The van der Waals surface area contributed by atoms with Crippen molar-refractivity contribution in [3.8, 4) is 0 Å². The van der Waals surface area contributed by atoms with E-state index in [-0.39, 0.29) is 6.03 Å². The van der Waals surface area contributed by atoms with Crippen molar-refractivity contribution in [2.24, 2.45) is 0 Å². The van der Waals surface area contributed by atoms with Crippen LogP contribution in [0.2, 0.25) is 5.02 Å². The number of nitrogens with one attached hydrogen (secondary N) is 2. The SMILES string of the molecule is Cc1cc(NC(=O)N2CCc3cc(C(=O)NO)sc3C2)ccc1Cl. The maximum Gasteiger partial charge on any atom is 0.322 e. The molecule has 0 unspecified atom stereocenters. The Hall–Kier alpha value is -2.09. The summed E-state index contributed by atoms with van der Waals surface area (Å²) < 4.78 is 0. The molecule has 1 aromatic heterocycles. The van der Waals surface area contributed by atoms with Gasteiger partial charge in [0, 0.05) is 22.1 Å². The van der Waals surface area contributed by atoms with Crippen LogP contribution in [0.1, 0.15) is 25.7 Å². The Kier molecular flexibility index (Phi) is 4.75. The van der Waals surface area contributed by atoms with Crippen LogP contribution in [0.5, 0.6) is 0 Å². The predicted octanol–water partition coefficient (Wildman–Crippen LogP) is 3.42. The number of halogens is 1. The second-order valence-corrected chi connectivity index (χ2v) is 7.11. The number of anilines is 1. The van der Waals surface area contributed by atoms with Crippen LogP contribution < -0.4 is 10.8 Å². The van der Waals surface area contributed by atoms with E-state index < -0.39 is 5.91 Å². The molecule has 0 bridgehead atoms. The summed E-state index contributed by atoms with van der Waals surface area (Å²) in [4.78, 5) is 27.0. The standard InChI is InChI=1S/C16H16ClN3O3S/c1-9-6-11(2-3-12(9)17)18-16(22)20-5-4-10-7-13(15(21)19-23)24-14(10)8-20/h2-3,6-7,23H,4-5,8H2,1H3,(H,18,22)(H,19,21). The van der Waals surface area contributed by atoms with Crippen molar-refractivity contribution in [3.05, 3.63) is 50.2 Å². The van der Waals surface area contributed by atoms with E-state index in [2.05, 4.69) is 5.32 Å². The first-order valence-electron chi connectivity index (χ1n) is 7.36. The van der Waals surface area contributed by atoms with Gasteiger partial charge in [-0.25, -0.2) is 10.3 Å². The summed E-state index contributed by atoms with van der Waals surface area (Å²) in [7, 11) is 0. The number of hydrogen-bond donors (Lipinski definition) is 3. The van der Waals surface area contributed by atoms with E-state index >= 15 is 0 Å². The topological polar surface area (TPSA) is 81.7 Å². The fourth-order valence-electron chi connectivity index (χ4n) is 2.59. The normalized spacial score (nSPS) is 13.4. The monoisotopic (exact) mass is 365 g/mol. The van der Waals surface area contributed by atoms with E-state index in [1.807, 2.05) is 13.0 Å². The first-order valence-corrected chi connectivity index (χ1v) is 8.55. The summed E-state index contributed by atoms with van der Waals surface area (Å²) in [5.74, 6) is -0.526. The lowest BCUT2D eigenvalue weighted by atomic mass is 10.1. The number of fused-ring (bicyclic) bond motifs is 1. The van der Waals surface area contributed by atoms with Crippen molar-refractivity contribution in [2.75, 3.05) is 11.9 Å². The maximum absolute atomic E-state index is 12.4. The molecule has 3 N–H and O–H groups in total. The molecule has 1 aliphatic rings. The number of hydroxylamine groups is 1. The van der Waals surface area contributed by atoms with Crippen LogP contribution in [0.15, 0.2) is 24.3 Å². The molecule has 0 spiro atoms. The number of urea groups is 1. The summed E-state index contributed by atoms with van der Waals surface area (Å²) in [6.07, 6.45) is 0.678. The van der Waals surface area contributed by atoms with Crippen molar-refractivity contribution >= 4 is 40.6 Å². The van der Waals surface area contributed by atoms with Gasteiger partial charge >= 0.3 is 6.03 Å². The molecule has 6 nitrogen and oxygen atoms in total. The van der Waals surface area contributed by atoms with Crippen molar-refractivity contribution in [3.63, 3.8) is 0 Å². The number of hydrogen-bond acceptors (Lipinski definition) is 4. The highest BCUT2D eigenvalue weighted by atomic mass is 35.5. The van der Waals surface area contributed by atoms with E-state index in [1.54, 1.807) is 28.6 Å². The van der Waals surface area contributed by atoms with Gasteiger partial charge in [0.1, 0.15) is 0 Å². The van der Waals surface area contributed by atoms with Crippen LogP contribution in [0.3, 0.4) is 0 Å². The summed E-state index contributed by atoms with van der Waals surface area (Å²) in [6, 6.07) is 6.91. The highest BCUT2D eigenvalue weighted by molar-refractivity contribution is 7.14. The fourth-order valence-corrected chi connectivity index (χ4v) is 3.82. The van der Waals surface area contributed by atoms with E-state index in [0.29, 0.717) is 35.1 Å². The molecule has 1 aliphatic heterocycles. The third-order valence-corrected chi connectivity index (χ3v) is 5.49. The molecule has 3 amide bonds. The number of benzene rings is 1. The van der Waals surface area contributed by atoms with Gasteiger partial charge in [-0.15, -0.1) is 11.3 Å². The molecule has 8 heteroatoms. The molecule has 0 radical (unpaired) electrons. The lowest BCUT2D eigenvalue weighted by Gasteiger charge is -2.27. The Bertz CT molecular complexity index is 806. The van der Waals surface area contributed by atoms with Gasteiger partial charge in [-0.05, 0) is 48.7 Å². The Balaban J connectivity index is 1.70. The van der Waals surface area contributed by atoms with Crippen molar-refractivity contribution in [1.29, 1.82) is 0 Å². The third-order valence-electron chi connectivity index (χ3n) is 3.90. The highest BCUT2D eigenvalue weighted by Crippen LogP contribution is 2.29. The molecule has 0 fully saturated rings. The number of nitrogens with zero attached hydrogens (tertiary/aromatic N) is 1. The number of carbonyl (C=O) groups excluding carboxylic acids is 2. The molecular formula is C16H16ClN3O3S. The minimum atomic E-state index is -0.526. The van der Waals surface area contributed by atoms with Gasteiger partial charge in [-0.3, -0.25) is 10.0 Å². The van der Waals surface area contributed by atoms with Crippen LogP contribution in [0, 0.1) is 6.92 Å². The molecule has 2 heterocycles. The van der Waals surface area contributed by atoms with Gasteiger partial charge in [-0.2, -0.15) is 0 Å². The maximum atomic E-state index is 12.4. The number of rotatable bonds is 2. The molecule has 0 saturated carbocycles. The first-order chi connectivity index (χ1) is 11.5. The molecular weight excluding hydrogens is 350 g/mol. The Morgan fingerprint density at radius 3 is 2.83 bits per heavy atom. The molecule has 0 saturated heterocycles. The Labute approximate surface area is 148 Å². The summed E-state index contributed by atoms with van der Waals surface area (Å²) in [6.45, 7) is 2.89. The summed E-state index contributed by atoms with van der Waals surface area (Å²) in [5, 5.41) is 12.2. The average Bonchev–Trinajstić information content (AvgIpc) is 3.00. The number of thiophene rings is 1. The molecule has 3 rings (SSSR count). The second kappa shape index (κ2) is 6.80. The zero-order chi connectivity index (χ0) is 17.3. The van der Waals surface area contributed by atoms with Crippen LogP contribution in [-0.2, 0) is 13.0 Å². The Morgan fingerprint density at radius 1 is 1.33 bits per heavy atom. The molecule has 0 atom stereocenters. The molecule has 2 aromatic rings. The van der Waals surface area contributed by atoms with Crippen LogP contribution in [0.4, 0.5) is 10.5 Å². The van der Waals surface area contributed by atoms with E-state index in [1.165, 1.54) is 11.3 Å². The lowest BCUT2D eigenvalue weighted by Crippen LogP contribution is -2.38. The lowest BCUT2D eigenvalue weighted by molar-refractivity contribution is 0.0711. The van der Waals surface area contributed by atoms with Gasteiger partial charge in [0.05, 0.1) is 11.4 Å². The van der Waals surface area contributed by atoms with Crippen LogP contribution >= 0.6 is 22.9 Å². The van der Waals surface area contributed by atoms with Gasteiger partial charge in [0.25, 0.3) is 5.91 Å². The summed E-state index contributed by atoms with van der Waals surface area (Å²) in [5.41, 5.74) is 4.27. The van der Waals surface area contributed by atoms with Gasteiger partial charge in [0.2, 0.25) is 0 Å². The summed E-state index contributed by atoms with van der Waals surface area (Å²) >= 11 is 7.28. The van der Waals surface area contributed by atoms with Crippen molar-refractivity contribution < 1.29 is 14.8 Å². The van der Waals surface area contributed by atoms with E-state index in [0.717, 1.165) is 16.0 Å². The van der Waals surface area contributed by atoms with E-state index in [4.69, 9.17) is 16.8 Å². The predicted molar refractivity (Wildman–Crippen MR) is 92.9 cm³/mol. The largest absolute Gasteiger partial charge is 0.322 e. The zero-order valence-corrected chi connectivity index (χ0v) is 14.5. The quantitative estimate of drug-likeness (QED) is 0.563. The third kappa shape index (κ3) is 3.38. The van der Waals surface area contributed by atoms with Crippen molar-refractivity contribution in [1.82, 2.24) is 10.4 Å². The average molecular weight is 366 g/mol. The fraction of sp³-hybridized carbons (Fsp3) is 0.250. The Morgan fingerprint density at radius 2 is 2.12 bits per heavy atom. The van der Waals surface area contributed by atoms with Gasteiger partial charge in [0.15, 0.2) is 0 Å². The highest BCUT2D eigenvalue weighted by Gasteiger charge is 2.24. The first kappa shape index (κ1) is 16.8. The number of carbonyl (C=O) groups is 2.